The number of aromatic nitrogens is 2. The van der Waals surface area contributed by atoms with E-state index in [1.54, 1.807) is 31.5 Å². The predicted molar refractivity (Wildman–Crippen MR) is 152 cm³/mol. The molecular weight excluding hydrogens is 486 g/mol. The molecule has 4 rings (SSSR count). The molecule has 37 heavy (non-hydrogen) atoms. The fraction of sp³-hybridized carbons (Fsp3) is 0.300. The van der Waals surface area contributed by atoms with Crippen LogP contribution in [-0.4, -0.2) is 29.1 Å². The SMILES string of the molecule is CC[C@H](C)Oc1ccc(Cl)cc1C=Nn1c(-c2cc(C(C)C)c(OC)cc2C)nc2ccccc2c1=O. The molecule has 0 fully saturated rings. The maximum atomic E-state index is 13.7. The summed E-state index contributed by atoms with van der Waals surface area (Å²) in [5.74, 6) is 2.12. The number of nitrogens with zero attached hydrogens (tertiary/aromatic N) is 3. The second-order valence-electron chi connectivity index (χ2n) is 9.40. The molecule has 6 nitrogen and oxygen atoms in total. The first kappa shape index (κ1) is 26.4. The highest BCUT2D eigenvalue weighted by Gasteiger charge is 2.18. The molecule has 192 valence electrons. The number of aryl methyl sites for hydroxylation is 1. The Hall–Kier alpha value is -3.64. The summed E-state index contributed by atoms with van der Waals surface area (Å²) in [6.07, 6.45) is 2.48. The number of fused-ring (bicyclic) bond motifs is 1. The first-order valence-electron chi connectivity index (χ1n) is 12.4. The third-order valence-electron chi connectivity index (χ3n) is 6.38. The largest absolute Gasteiger partial charge is 0.496 e. The fourth-order valence-corrected chi connectivity index (χ4v) is 4.30. The minimum atomic E-state index is -0.260. The van der Waals surface area contributed by atoms with E-state index in [0.29, 0.717) is 33.1 Å². The monoisotopic (exact) mass is 517 g/mol. The molecule has 3 aromatic carbocycles. The highest BCUT2D eigenvalue weighted by molar-refractivity contribution is 6.30. The summed E-state index contributed by atoms with van der Waals surface area (Å²) in [5, 5.41) is 5.68. The summed E-state index contributed by atoms with van der Waals surface area (Å²) >= 11 is 6.29. The molecule has 0 amide bonds. The van der Waals surface area contributed by atoms with Gasteiger partial charge in [-0.3, -0.25) is 4.79 Å². The van der Waals surface area contributed by atoms with E-state index in [0.717, 1.165) is 28.9 Å². The van der Waals surface area contributed by atoms with Crippen molar-refractivity contribution in [1.29, 1.82) is 0 Å². The van der Waals surface area contributed by atoms with E-state index in [2.05, 4.69) is 25.9 Å². The molecule has 0 aliphatic rings. The minimum absolute atomic E-state index is 0.0188. The summed E-state index contributed by atoms with van der Waals surface area (Å²) in [6, 6.07) is 16.7. The number of methoxy groups -OCH3 is 1. The third-order valence-corrected chi connectivity index (χ3v) is 6.62. The molecule has 1 heterocycles. The Bertz CT molecular complexity index is 1530. The van der Waals surface area contributed by atoms with Gasteiger partial charge < -0.3 is 9.47 Å². The first-order valence-corrected chi connectivity index (χ1v) is 12.8. The first-order chi connectivity index (χ1) is 17.7. The van der Waals surface area contributed by atoms with E-state index in [-0.39, 0.29) is 17.6 Å². The quantitative estimate of drug-likeness (QED) is 0.231. The van der Waals surface area contributed by atoms with E-state index >= 15 is 0 Å². The number of hydrogen-bond donors (Lipinski definition) is 0. The molecule has 0 aliphatic carbocycles. The highest BCUT2D eigenvalue weighted by atomic mass is 35.5. The molecule has 1 aromatic heterocycles. The summed E-state index contributed by atoms with van der Waals surface area (Å²) in [4.78, 5) is 18.6. The summed E-state index contributed by atoms with van der Waals surface area (Å²) in [6.45, 7) is 10.3. The Balaban J connectivity index is 1.96. The Labute approximate surface area is 222 Å². The van der Waals surface area contributed by atoms with Gasteiger partial charge in [-0.05, 0) is 79.8 Å². The minimum Gasteiger partial charge on any atom is -0.496 e. The Kier molecular flexibility index (Phi) is 7.98. The molecule has 1 atom stereocenters. The average Bonchev–Trinajstić information content (AvgIpc) is 2.89. The molecule has 0 spiro atoms. The predicted octanol–water partition coefficient (Wildman–Crippen LogP) is 7.22. The summed E-state index contributed by atoms with van der Waals surface area (Å²) in [7, 11) is 1.67. The van der Waals surface area contributed by atoms with Crippen LogP contribution in [0.25, 0.3) is 22.3 Å². The van der Waals surface area contributed by atoms with Crippen molar-refractivity contribution in [3.8, 4) is 22.9 Å². The van der Waals surface area contributed by atoms with E-state index in [9.17, 15) is 4.79 Å². The number of hydrogen-bond acceptors (Lipinski definition) is 5. The van der Waals surface area contributed by atoms with Crippen molar-refractivity contribution in [2.75, 3.05) is 7.11 Å². The van der Waals surface area contributed by atoms with Gasteiger partial charge in [-0.25, -0.2) is 4.98 Å². The molecule has 0 aliphatic heterocycles. The van der Waals surface area contributed by atoms with E-state index in [1.807, 2.05) is 50.2 Å². The molecule has 7 heteroatoms. The lowest BCUT2D eigenvalue weighted by Gasteiger charge is -2.17. The van der Waals surface area contributed by atoms with Crippen LogP contribution in [0.5, 0.6) is 11.5 Å². The van der Waals surface area contributed by atoms with Crippen LogP contribution in [0.4, 0.5) is 0 Å². The summed E-state index contributed by atoms with van der Waals surface area (Å²) in [5.41, 5.74) is 3.79. The fourth-order valence-electron chi connectivity index (χ4n) is 4.12. The molecule has 0 saturated carbocycles. The van der Waals surface area contributed by atoms with Gasteiger partial charge in [0.05, 0.1) is 30.3 Å². The van der Waals surface area contributed by atoms with Crippen LogP contribution in [0.2, 0.25) is 5.02 Å². The molecule has 0 bridgehead atoms. The van der Waals surface area contributed by atoms with Crippen LogP contribution in [0.15, 0.2) is 64.5 Å². The standard InChI is InChI=1S/C30H32ClN3O3/c1-7-20(5)37-27-13-12-22(31)15-21(27)17-32-34-29(33-26-11-9-8-10-23(26)30(34)35)25-16-24(18(2)3)28(36-6)14-19(25)4/h8-18,20H,7H2,1-6H3/t20-/m0/s1. The summed E-state index contributed by atoms with van der Waals surface area (Å²) < 4.78 is 13.1. The molecule has 0 N–H and O–H groups in total. The van der Waals surface area contributed by atoms with Gasteiger partial charge in [0.15, 0.2) is 5.82 Å². The van der Waals surface area contributed by atoms with Crippen molar-refractivity contribution in [2.45, 2.75) is 53.1 Å². The smallest absolute Gasteiger partial charge is 0.282 e. The van der Waals surface area contributed by atoms with Gasteiger partial charge in [0, 0.05) is 16.1 Å². The zero-order valence-corrected chi connectivity index (χ0v) is 22.8. The van der Waals surface area contributed by atoms with Crippen LogP contribution < -0.4 is 15.0 Å². The zero-order chi connectivity index (χ0) is 26.7. The Morgan fingerprint density at radius 3 is 2.54 bits per heavy atom. The number of para-hydroxylation sites is 1. The maximum absolute atomic E-state index is 13.7. The highest BCUT2D eigenvalue weighted by Crippen LogP contribution is 2.34. The van der Waals surface area contributed by atoms with E-state index in [1.165, 1.54) is 4.68 Å². The van der Waals surface area contributed by atoms with Gasteiger partial charge in [0.2, 0.25) is 0 Å². The van der Waals surface area contributed by atoms with Gasteiger partial charge in [0.25, 0.3) is 5.56 Å². The van der Waals surface area contributed by atoms with Crippen molar-refractivity contribution in [1.82, 2.24) is 9.66 Å². The van der Waals surface area contributed by atoms with Gasteiger partial charge in [-0.1, -0.05) is 44.5 Å². The van der Waals surface area contributed by atoms with E-state index in [4.69, 9.17) is 26.1 Å². The van der Waals surface area contributed by atoms with Crippen molar-refractivity contribution in [3.05, 3.63) is 86.7 Å². The Morgan fingerprint density at radius 2 is 1.84 bits per heavy atom. The third kappa shape index (κ3) is 5.54. The van der Waals surface area contributed by atoms with Crippen molar-refractivity contribution in [3.63, 3.8) is 0 Å². The number of ether oxygens (including phenoxy) is 2. The lowest BCUT2D eigenvalue weighted by atomic mass is 9.96. The van der Waals surface area contributed by atoms with Crippen LogP contribution in [0.1, 0.15) is 56.7 Å². The van der Waals surface area contributed by atoms with Crippen molar-refractivity contribution < 1.29 is 9.47 Å². The number of benzene rings is 3. The van der Waals surface area contributed by atoms with Gasteiger partial charge in [-0.15, -0.1) is 0 Å². The Morgan fingerprint density at radius 1 is 1.08 bits per heavy atom. The topological polar surface area (TPSA) is 65.7 Å². The molecule has 0 saturated heterocycles. The molecule has 4 aromatic rings. The van der Waals surface area contributed by atoms with Crippen LogP contribution in [0, 0.1) is 6.92 Å². The zero-order valence-electron chi connectivity index (χ0n) is 22.1. The van der Waals surface area contributed by atoms with Gasteiger partial charge in [0.1, 0.15) is 11.5 Å². The maximum Gasteiger partial charge on any atom is 0.282 e. The van der Waals surface area contributed by atoms with Gasteiger partial charge >= 0.3 is 0 Å². The van der Waals surface area contributed by atoms with Crippen LogP contribution >= 0.6 is 11.6 Å². The van der Waals surface area contributed by atoms with E-state index < -0.39 is 0 Å². The molecule has 0 unspecified atom stereocenters. The normalized spacial score (nSPS) is 12.4. The van der Waals surface area contributed by atoms with Gasteiger partial charge in [-0.2, -0.15) is 9.78 Å². The second kappa shape index (κ2) is 11.2. The van der Waals surface area contributed by atoms with Crippen LogP contribution in [0.3, 0.4) is 0 Å². The van der Waals surface area contributed by atoms with Crippen LogP contribution in [-0.2, 0) is 0 Å². The molecular formula is C30H32ClN3O3. The lowest BCUT2D eigenvalue weighted by molar-refractivity contribution is 0.217. The number of rotatable bonds is 8. The second-order valence-corrected chi connectivity index (χ2v) is 9.83. The average molecular weight is 518 g/mol. The molecule has 0 radical (unpaired) electrons. The lowest BCUT2D eigenvalue weighted by Crippen LogP contribution is -2.21. The number of halogens is 1. The van der Waals surface area contributed by atoms with Crippen molar-refractivity contribution >= 4 is 28.7 Å². The van der Waals surface area contributed by atoms with Crippen molar-refractivity contribution in [2.24, 2.45) is 5.10 Å².